The summed E-state index contributed by atoms with van der Waals surface area (Å²) in [5, 5.41) is 16.1. The maximum absolute atomic E-state index is 13.9. The number of benzene rings is 2. The Kier molecular flexibility index (Phi) is 8.21. The van der Waals surface area contributed by atoms with E-state index in [4.69, 9.17) is 9.72 Å². The van der Waals surface area contributed by atoms with E-state index in [1.165, 1.54) is 17.9 Å². The highest BCUT2D eigenvalue weighted by Gasteiger charge is 2.61. The van der Waals surface area contributed by atoms with Gasteiger partial charge < -0.3 is 25.4 Å². The summed E-state index contributed by atoms with van der Waals surface area (Å²) < 4.78 is 6.53. The van der Waals surface area contributed by atoms with Crippen molar-refractivity contribution in [3.8, 4) is 17.0 Å². The van der Waals surface area contributed by atoms with Crippen LogP contribution in [0.4, 0.5) is 0 Å². The van der Waals surface area contributed by atoms with Gasteiger partial charge in [-0.3, -0.25) is 14.4 Å². The minimum absolute atomic E-state index is 0.0714. The van der Waals surface area contributed by atoms with Crippen LogP contribution in [0.25, 0.3) is 22.2 Å². The maximum atomic E-state index is 13.9. The Morgan fingerprint density at radius 1 is 1.12 bits per heavy atom. The maximum Gasteiger partial charge on any atom is 0.330 e. The minimum Gasteiger partial charge on any atom is -0.488 e. The molecule has 1 unspecified atom stereocenters. The summed E-state index contributed by atoms with van der Waals surface area (Å²) in [6, 6.07) is 17.3. The Labute approximate surface area is 250 Å². The number of ether oxygens (including phenoxy) is 1. The van der Waals surface area contributed by atoms with Crippen molar-refractivity contribution < 1.29 is 29.0 Å². The van der Waals surface area contributed by atoms with Crippen molar-refractivity contribution in [1.29, 1.82) is 0 Å². The summed E-state index contributed by atoms with van der Waals surface area (Å²) in [7, 11) is 0. The van der Waals surface area contributed by atoms with Crippen LogP contribution in [0, 0.1) is 11.8 Å². The standard InChI is InChI=1S/C33H36N4O6/c1-5-22-17-33(22,32(41)42)36-30(39)27-15-23(18-37(27)31(40)29(19(2)3)34-20(4)38)43-28-16-26(21-11-7-6-8-12-21)35-25-14-10-9-13-24(25)28/h5-14,16,19,22-23,27,29H,1,15,17-18H2,2-4H3,(H,34,38)(H,36,39)(H,41,42)/t22?,23-,27+,29+,33-/m1/s1. The number of aliphatic carboxylic acids is 1. The van der Waals surface area contributed by atoms with E-state index in [0.717, 1.165) is 16.5 Å². The second-order valence-electron chi connectivity index (χ2n) is 11.6. The Hall–Kier alpha value is -4.73. The molecule has 0 bridgehead atoms. The number of carboxylic acid groups (broad SMARTS) is 1. The number of fused-ring (bicyclic) bond motifs is 1. The fraction of sp³-hybridized carbons (Fsp3) is 0.364. The molecule has 10 heteroatoms. The number of amides is 3. The molecule has 1 saturated heterocycles. The molecule has 1 aromatic heterocycles. The van der Waals surface area contributed by atoms with Gasteiger partial charge in [0.1, 0.15) is 29.5 Å². The van der Waals surface area contributed by atoms with Crippen LogP contribution in [0.15, 0.2) is 73.3 Å². The molecule has 2 fully saturated rings. The predicted octanol–water partition coefficient (Wildman–Crippen LogP) is 3.56. The highest BCUT2D eigenvalue weighted by atomic mass is 16.5. The third-order valence-corrected chi connectivity index (χ3v) is 8.21. The number of para-hydroxylation sites is 1. The first-order chi connectivity index (χ1) is 20.5. The van der Waals surface area contributed by atoms with Gasteiger partial charge in [0.25, 0.3) is 0 Å². The normalized spacial score (nSPS) is 23.4. The van der Waals surface area contributed by atoms with E-state index in [1.54, 1.807) is 0 Å². The van der Waals surface area contributed by atoms with Gasteiger partial charge in [-0.15, -0.1) is 6.58 Å². The fourth-order valence-electron chi connectivity index (χ4n) is 5.78. The zero-order valence-electron chi connectivity index (χ0n) is 24.4. The first-order valence-corrected chi connectivity index (χ1v) is 14.4. The first kappa shape index (κ1) is 29.8. The van der Waals surface area contributed by atoms with E-state index in [0.29, 0.717) is 11.4 Å². The van der Waals surface area contributed by atoms with Gasteiger partial charge in [-0.1, -0.05) is 62.4 Å². The molecule has 0 radical (unpaired) electrons. The number of carboxylic acids is 1. The van der Waals surface area contributed by atoms with Crippen LogP contribution >= 0.6 is 0 Å². The third-order valence-electron chi connectivity index (χ3n) is 8.21. The Morgan fingerprint density at radius 2 is 1.81 bits per heavy atom. The minimum atomic E-state index is -1.45. The zero-order chi connectivity index (χ0) is 30.9. The van der Waals surface area contributed by atoms with Crippen LogP contribution in [-0.4, -0.2) is 69.0 Å². The number of hydrogen-bond donors (Lipinski definition) is 3. The number of likely N-dealkylation sites (tertiary alicyclic amines) is 1. The second-order valence-corrected chi connectivity index (χ2v) is 11.6. The highest BCUT2D eigenvalue weighted by Crippen LogP contribution is 2.45. The van der Waals surface area contributed by atoms with E-state index in [-0.39, 0.29) is 31.2 Å². The lowest BCUT2D eigenvalue weighted by atomic mass is 10.0. The van der Waals surface area contributed by atoms with Crippen LogP contribution in [0.3, 0.4) is 0 Å². The molecule has 3 amide bonds. The lowest BCUT2D eigenvalue weighted by molar-refractivity contribution is -0.146. The summed E-state index contributed by atoms with van der Waals surface area (Å²) in [6.45, 7) is 8.71. The molecule has 43 heavy (non-hydrogen) atoms. The molecule has 2 heterocycles. The molecule has 10 nitrogen and oxygen atoms in total. The molecule has 2 aliphatic rings. The Morgan fingerprint density at radius 3 is 2.44 bits per heavy atom. The Bertz CT molecular complexity index is 1570. The van der Waals surface area contributed by atoms with Crippen molar-refractivity contribution in [3.05, 3.63) is 73.3 Å². The van der Waals surface area contributed by atoms with Crippen LogP contribution < -0.4 is 15.4 Å². The monoisotopic (exact) mass is 584 g/mol. The summed E-state index contributed by atoms with van der Waals surface area (Å²) in [5.41, 5.74) is 0.909. The highest BCUT2D eigenvalue weighted by molar-refractivity contribution is 5.96. The number of hydrogen-bond acceptors (Lipinski definition) is 6. The number of rotatable bonds is 10. The van der Waals surface area contributed by atoms with Crippen molar-refractivity contribution in [3.63, 3.8) is 0 Å². The number of pyridine rings is 1. The van der Waals surface area contributed by atoms with Crippen molar-refractivity contribution in [1.82, 2.24) is 20.5 Å². The topological polar surface area (TPSA) is 138 Å². The molecule has 0 spiro atoms. The number of carbonyl (C=O) groups is 4. The summed E-state index contributed by atoms with van der Waals surface area (Å²) in [6.07, 6.45) is 1.29. The molecule has 1 saturated carbocycles. The first-order valence-electron chi connectivity index (χ1n) is 14.4. The average Bonchev–Trinajstić information content (AvgIpc) is 3.55. The van der Waals surface area contributed by atoms with E-state index >= 15 is 0 Å². The molecular weight excluding hydrogens is 548 g/mol. The van der Waals surface area contributed by atoms with Gasteiger partial charge in [-0.2, -0.15) is 0 Å². The smallest absolute Gasteiger partial charge is 0.330 e. The van der Waals surface area contributed by atoms with Crippen molar-refractivity contribution in [2.45, 2.75) is 57.3 Å². The lowest BCUT2D eigenvalue weighted by Gasteiger charge is -2.30. The second kappa shape index (κ2) is 11.9. The molecule has 224 valence electrons. The number of nitrogens with zero attached hydrogens (tertiary/aromatic N) is 2. The van der Waals surface area contributed by atoms with E-state index in [2.05, 4.69) is 17.2 Å². The van der Waals surface area contributed by atoms with Crippen LogP contribution in [-0.2, 0) is 19.2 Å². The third kappa shape index (κ3) is 5.95. The van der Waals surface area contributed by atoms with Gasteiger partial charge in [-0.25, -0.2) is 9.78 Å². The summed E-state index contributed by atoms with van der Waals surface area (Å²) >= 11 is 0. The molecule has 1 aliphatic heterocycles. The van der Waals surface area contributed by atoms with E-state index < -0.39 is 47.4 Å². The van der Waals surface area contributed by atoms with Crippen molar-refractivity contribution in [2.24, 2.45) is 11.8 Å². The molecule has 5 atom stereocenters. The summed E-state index contributed by atoms with van der Waals surface area (Å²) in [5.74, 6) is -2.63. The zero-order valence-corrected chi connectivity index (χ0v) is 24.4. The van der Waals surface area contributed by atoms with Crippen molar-refractivity contribution in [2.75, 3.05) is 6.54 Å². The molecule has 3 N–H and O–H groups in total. The van der Waals surface area contributed by atoms with Gasteiger partial charge in [0.2, 0.25) is 17.7 Å². The van der Waals surface area contributed by atoms with E-state index in [9.17, 15) is 24.3 Å². The quantitative estimate of drug-likeness (QED) is 0.310. The van der Waals surface area contributed by atoms with Gasteiger partial charge >= 0.3 is 5.97 Å². The Balaban J connectivity index is 1.47. The molecule has 3 aromatic rings. The van der Waals surface area contributed by atoms with Gasteiger partial charge in [-0.05, 0) is 24.5 Å². The molecule has 5 rings (SSSR count). The summed E-state index contributed by atoms with van der Waals surface area (Å²) in [4.78, 5) is 57.8. The largest absolute Gasteiger partial charge is 0.488 e. The van der Waals surface area contributed by atoms with Gasteiger partial charge in [0.15, 0.2) is 0 Å². The van der Waals surface area contributed by atoms with Gasteiger partial charge in [0, 0.05) is 36.3 Å². The van der Waals surface area contributed by atoms with Crippen LogP contribution in [0.5, 0.6) is 5.75 Å². The fourth-order valence-corrected chi connectivity index (χ4v) is 5.78. The predicted molar refractivity (Wildman–Crippen MR) is 161 cm³/mol. The van der Waals surface area contributed by atoms with Gasteiger partial charge in [0.05, 0.1) is 17.8 Å². The molecule has 2 aromatic carbocycles. The average molecular weight is 585 g/mol. The van der Waals surface area contributed by atoms with Crippen LogP contribution in [0.2, 0.25) is 0 Å². The number of carbonyl (C=O) groups excluding carboxylic acids is 3. The van der Waals surface area contributed by atoms with Crippen molar-refractivity contribution >= 4 is 34.6 Å². The lowest BCUT2D eigenvalue weighted by Crippen LogP contribution is -2.57. The molecule has 1 aliphatic carbocycles. The number of nitrogens with one attached hydrogen (secondary N) is 2. The number of aromatic nitrogens is 1. The van der Waals surface area contributed by atoms with Crippen LogP contribution in [0.1, 0.15) is 33.6 Å². The SMILES string of the molecule is C=CC1C[C@]1(NC(=O)[C@@H]1C[C@@H](Oc2cc(-c3ccccc3)nc3ccccc23)CN1C(=O)[C@@H](NC(C)=O)C(C)C)C(=O)O. The van der Waals surface area contributed by atoms with E-state index in [1.807, 2.05) is 74.5 Å². The molecular formula is C33H36N4O6.